The topological polar surface area (TPSA) is 92.9 Å². The summed E-state index contributed by atoms with van der Waals surface area (Å²) in [5, 5.41) is 6.98. The molecule has 1 amide bonds. The van der Waals surface area contributed by atoms with Crippen LogP contribution >= 0.6 is 11.6 Å². The molecule has 1 heterocycles. The van der Waals surface area contributed by atoms with Crippen LogP contribution in [0.2, 0.25) is 5.02 Å². The maximum atomic E-state index is 11.5. The number of rotatable bonds is 5. The Balaban J connectivity index is 1.83. The highest BCUT2D eigenvalue weighted by molar-refractivity contribution is 6.30. The lowest BCUT2D eigenvalue weighted by atomic mass is 9.93. The third-order valence-corrected chi connectivity index (χ3v) is 3.85. The molecule has 6 nitrogen and oxygen atoms in total. The largest absolute Gasteiger partial charge is 0.367 e. The Kier molecular flexibility index (Phi) is 4.11. The molecular formula is C15H16ClN5O. The number of nitrogens with two attached hydrogens (primary N) is 1. The number of nitrogens with one attached hydrogen (secondary N) is 2. The van der Waals surface area contributed by atoms with E-state index in [1.165, 1.54) is 12.6 Å². The molecule has 0 bridgehead atoms. The maximum absolute atomic E-state index is 11.5. The zero-order valence-corrected chi connectivity index (χ0v) is 12.6. The van der Waals surface area contributed by atoms with E-state index in [1.54, 1.807) is 12.1 Å². The predicted octanol–water partition coefficient (Wildman–Crippen LogP) is 2.94. The van der Waals surface area contributed by atoms with Gasteiger partial charge in [0.25, 0.3) is 5.91 Å². The summed E-state index contributed by atoms with van der Waals surface area (Å²) in [6, 6.07) is 7.54. The molecule has 1 saturated carbocycles. The minimum absolute atomic E-state index is 0.300. The molecule has 1 aromatic carbocycles. The van der Waals surface area contributed by atoms with Crippen LogP contribution in [-0.4, -0.2) is 21.9 Å². The van der Waals surface area contributed by atoms with Gasteiger partial charge in [0.15, 0.2) is 0 Å². The highest BCUT2D eigenvalue weighted by Crippen LogP contribution is 2.25. The van der Waals surface area contributed by atoms with Crippen molar-refractivity contribution in [3.05, 3.63) is 41.0 Å². The summed E-state index contributed by atoms with van der Waals surface area (Å²) in [7, 11) is 0. The molecule has 1 aliphatic rings. The molecule has 0 aliphatic heterocycles. The van der Waals surface area contributed by atoms with E-state index in [-0.39, 0.29) is 0 Å². The zero-order chi connectivity index (χ0) is 15.5. The number of nitrogens with zero attached hydrogens (tertiary/aromatic N) is 2. The fourth-order valence-corrected chi connectivity index (χ4v) is 2.27. The first-order valence-corrected chi connectivity index (χ1v) is 7.45. The van der Waals surface area contributed by atoms with E-state index in [0.717, 1.165) is 18.5 Å². The number of hydrogen-bond donors (Lipinski definition) is 3. The van der Waals surface area contributed by atoms with Crippen molar-refractivity contribution in [1.82, 2.24) is 9.97 Å². The zero-order valence-electron chi connectivity index (χ0n) is 11.8. The number of anilines is 3. The molecule has 0 atom stereocenters. The maximum Gasteiger partial charge on any atom is 0.254 e. The molecule has 0 saturated heterocycles. The number of carbonyl (C=O) groups excluding carboxylic acids is 1. The first kappa shape index (κ1) is 14.6. The highest BCUT2D eigenvalue weighted by Gasteiger charge is 2.21. The quantitative estimate of drug-likeness (QED) is 0.788. The lowest BCUT2D eigenvalue weighted by molar-refractivity contribution is 0.100. The molecule has 114 valence electrons. The number of aromatic nitrogens is 2. The molecule has 2 aromatic rings. The second-order valence-electron chi connectivity index (χ2n) is 5.22. The minimum atomic E-state index is -0.542. The van der Waals surface area contributed by atoms with Crippen LogP contribution in [0.1, 0.15) is 29.6 Å². The average Bonchev–Trinajstić information content (AvgIpc) is 2.45. The Morgan fingerprint density at radius 3 is 2.59 bits per heavy atom. The van der Waals surface area contributed by atoms with Gasteiger partial charge in [0.05, 0.1) is 5.56 Å². The van der Waals surface area contributed by atoms with Crippen LogP contribution in [-0.2, 0) is 0 Å². The molecule has 4 N–H and O–H groups in total. The van der Waals surface area contributed by atoms with E-state index in [0.29, 0.717) is 28.4 Å². The predicted molar refractivity (Wildman–Crippen MR) is 86.5 cm³/mol. The van der Waals surface area contributed by atoms with Gasteiger partial charge in [0.1, 0.15) is 5.82 Å². The van der Waals surface area contributed by atoms with Crippen LogP contribution in [0, 0.1) is 0 Å². The van der Waals surface area contributed by atoms with Gasteiger partial charge in [0, 0.05) is 22.9 Å². The van der Waals surface area contributed by atoms with Crippen molar-refractivity contribution in [3.8, 4) is 0 Å². The summed E-state index contributed by atoms with van der Waals surface area (Å²) in [4.78, 5) is 20.0. The van der Waals surface area contributed by atoms with Gasteiger partial charge in [-0.15, -0.1) is 0 Å². The smallest absolute Gasteiger partial charge is 0.254 e. The second kappa shape index (κ2) is 6.19. The summed E-state index contributed by atoms with van der Waals surface area (Å²) in [6.07, 6.45) is 4.77. The van der Waals surface area contributed by atoms with E-state index in [1.807, 2.05) is 12.1 Å². The van der Waals surface area contributed by atoms with E-state index in [2.05, 4.69) is 20.6 Å². The Labute approximate surface area is 133 Å². The minimum Gasteiger partial charge on any atom is -0.367 e. The van der Waals surface area contributed by atoms with E-state index in [9.17, 15) is 4.79 Å². The Morgan fingerprint density at radius 1 is 1.27 bits per heavy atom. The van der Waals surface area contributed by atoms with Crippen molar-refractivity contribution in [1.29, 1.82) is 0 Å². The lowest BCUT2D eigenvalue weighted by Crippen LogP contribution is -2.29. The van der Waals surface area contributed by atoms with Gasteiger partial charge < -0.3 is 16.4 Å². The summed E-state index contributed by atoms with van der Waals surface area (Å²) in [5.41, 5.74) is 6.49. The van der Waals surface area contributed by atoms with E-state index < -0.39 is 5.91 Å². The molecular weight excluding hydrogens is 302 g/mol. The molecule has 7 heteroatoms. The lowest BCUT2D eigenvalue weighted by Gasteiger charge is -2.27. The summed E-state index contributed by atoms with van der Waals surface area (Å²) in [5.74, 6) is 0.331. The first-order valence-electron chi connectivity index (χ1n) is 7.08. The standard InChI is InChI=1S/C15H16ClN5O/c16-9-4-6-11(7-5-9)20-15-18-8-12(13(17)22)14(21-15)19-10-2-1-3-10/h4-8,10H,1-3H2,(H2,17,22)(H2,18,19,20,21). The van der Waals surface area contributed by atoms with Crippen molar-refractivity contribution in [2.45, 2.75) is 25.3 Å². The van der Waals surface area contributed by atoms with Gasteiger partial charge in [0.2, 0.25) is 5.95 Å². The summed E-state index contributed by atoms with van der Waals surface area (Å²) in [6.45, 7) is 0. The molecule has 3 rings (SSSR count). The normalized spacial score (nSPS) is 14.2. The molecule has 1 fully saturated rings. The van der Waals surface area contributed by atoms with Gasteiger partial charge in [-0.3, -0.25) is 4.79 Å². The monoisotopic (exact) mass is 317 g/mol. The van der Waals surface area contributed by atoms with E-state index >= 15 is 0 Å². The van der Waals surface area contributed by atoms with Crippen molar-refractivity contribution in [2.75, 3.05) is 10.6 Å². The van der Waals surface area contributed by atoms with Crippen molar-refractivity contribution in [2.24, 2.45) is 5.73 Å². The van der Waals surface area contributed by atoms with Crippen LogP contribution in [0.4, 0.5) is 17.5 Å². The number of carbonyl (C=O) groups is 1. The third kappa shape index (κ3) is 3.28. The number of halogens is 1. The fourth-order valence-electron chi connectivity index (χ4n) is 2.14. The van der Waals surface area contributed by atoms with Crippen LogP contribution in [0.25, 0.3) is 0 Å². The number of benzene rings is 1. The summed E-state index contributed by atoms with van der Waals surface area (Å²) < 4.78 is 0. The number of amides is 1. The number of primary amides is 1. The SMILES string of the molecule is NC(=O)c1cnc(Nc2ccc(Cl)cc2)nc1NC1CCC1. The van der Waals surface area contributed by atoms with Gasteiger partial charge in [-0.1, -0.05) is 11.6 Å². The van der Waals surface area contributed by atoms with Gasteiger partial charge in [-0.25, -0.2) is 4.98 Å². The van der Waals surface area contributed by atoms with Crippen molar-refractivity contribution < 1.29 is 4.79 Å². The Hall–Kier alpha value is -2.34. The van der Waals surface area contributed by atoms with Gasteiger partial charge in [-0.05, 0) is 43.5 Å². The van der Waals surface area contributed by atoms with Gasteiger partial charge >= 0.3 is 0 Å². The molecule has 22 heavy (non-hydrogen) atoms. The Bertz CT molecular complexity index is 685. The molecule has 0 unspecified atom stereocenters. The van der Waals surface area contributed by atoms with Crippen LogP contribution in [0.5, 0.6) is 0 Å². The third-order valence-electron chi connectivity index (χ3n) is 3.60. The van der Waals surface area contributed by atoms with Gasteiger partial charge in [-0.2, -0.15) is 4.98 Å². The van der Waals surface area contributed by atoms with E-state index in [4.69, 9.17) is 17.3 Å². The van der Waals surface area contributed by atoms with Crippen LogP contribution in [0.15, 0.2) is 30.5 Å². The van der Waals surface area contributed by atoms with Crippen molar-refractivity contribution in [3.63, 3.8) is 0 Å². The average molecular weight is 318 g/mol. The van der Waals surface area contributed by atoms with Crippen LogP contribution in [0.3, 0.4) is 0 Å². The molecule has 0 radical (unpaired) electrons. The summed E-state index contributed by atoms with van der Waals surface area (Å²) >= 11 is 5.85. The molecule has 0 spiro atoms. The fraction of sp³-hybridized carbons (Fsp3) is 0.267. The van der Waals surface area contributed by atoms with Crippen LogP contribution < -0.4 is 16.4 Å². The van der Waals surface area contributed by atoms with Crippen molar-refractivity contribution >= 4 is 35.0 Å². The second-order valence-corrected chi connectivity index (χ2v) is 5.66. The molecule has 1 aromatic heterocycles. The first-order chi connectivity index (χ1) is 10.6. The molecule has 1 aliphatic carbocycles. The Morgan fingerprint density at radius 2 is 2.00 bits per heavy atom. The number of hydrogen-bond acceptors (Lipinski definition) is 5. The highest BCUT2D eigenvalue weighted by atomic mass is 35.5.